The molecule has 84 valence electrons. The molecule has 1 rings (SSSR count). The summed E-state index contributed by atoms with van der Waals surface area (Å²) < 4.78 is 0. The highest BCUT2D eigenvalue weighted by atomic mass is 32.1. The minimum atomic E-state index is 0.387. The molecule has 0 aliphatic carbocycles. The van der Waals surface area contributed by atoms with Crippen LogP contribution < -0.4 is 11.1 Å². The van der Waals surface area contributed by atoms with E-state index in [2.05, 4.69) is 42.5 Å². The topological polar surface area (TPSA) is 50.4 Å². The Labute approximate surface area is 95.4 Å². The first kappa shape index (κ1) is 12.0. The molecule has 0 spiro atoms. The van der Waals surface area contributed by atoms with Gasteiger partial charge in [-0.05, 0) is 37.3 Å². The van der Waals surface area contributed by atoms with E-state index in [9.17, 15) is 0 Å². The fourth-order valence-electron chi connectivity index (χ4n) is 1.12. The van der Waals surface area contributed by atoms with Crippen molar-refractivity contribution in [3.05, 3.63) is 21.9 Å². The highest BCUT2D eigenvalue weighted by Gasteiger charge is 2.01. The molecular formula is C11H19N3S. The fourth-order valence-corrected chi connectivity index (χ4v) is 1.95. The van der Waals surface area contributed by atoms with Crippen molar-refractivity contribution in [3.8, 4) is 0 Å². The Bertz CT molecular complexity index is 330. The summed E-state index contributed by atoms with van der Waals surface area (Å²) in [6.45, 7) is 6.99. The van der Waals surface area contributed by atoms with Gasteiger partial charge in [0, 0.05) is 10.9 Å². The first-order valence-electron chi connectivity index (χ1n) is 5.23. The second kappa shape index (κ2) is 5.75. The van der Waals surface area contributed by atoms with Crippen LogP contribution in [-0.4, -0.2) is 12.0 Å². The van der Waals surface area contributed by atoms with Gasteiger partial charge in [0.15, 0.2) is 5.96 Å². The molecule has 0 radical (unpaired) electrons. The van der Waals surface area contributed by atoms with Gasteiger partial charge in [-0.15, -0.1) is 11.3 Å². The molecule has 0 fully saturated rings. The first-order valence-corrected chi connectivity index (χ1v) is 6.10. The number of rotatable bonds is 4. The van der Waals surface area contributed by atoms with Crippen LogP contribution in [0.15, 0.2) is 16.4 Å². The van der Waals surface area contributed by atoms with Gasteiger partial charge in [0.2, 0.25) is 0 Å². The molecule has 3 N–H and O–H groups in total. The summed E-state index contributed by atoms with van der Waals surface area (Å²) in [4.78, 5) is 5.59. The summed E-state index contributed by atoms with van der Waals surface area (Å²) >= 11 is 1.73. The number of nitrogens with zero attached hydrogens (tertiary/aromatic N) is 1. The lowest BCUT2D eigenvalue weighted by Gasteiger charge is -2.11. The zero-order valence-corrected chi connectivity index (χ0v) is 10.4. The van der Waals surface area contributed by atoms with E-state index in [0.29, 0.717) is 18.5 Å². The van der Waals surface area contributed by atoms with Gasteiger partial charge in [-0.2, -0.15) is 0 Å². The van der Waals surface area contributed by atoms with E-state index in [1.54, 1.807) is 11.3 Å². The molecule has 15 heavy (non-hydrogen) atoms. The van der Waals surface area contributed by atoms with Gasteiger partial charge in [-0.25, -0.2) is 4.99 Å². The van der Waals surface area contributed by atoms with Gasteiger partial charge >= 0.3 is 0 Å². The van der Waals surface area contributed by atoms with Crippen LogP contribution in [0.25, 0.3) is 0 Å². The zero-order valence-electron chi connectivity index (χ0n) is 9.58. The number of aryl methyl sites for hydroxylation is 1. The summed E-state index contributed by atoms with van der Waals surface area (Å²) in [6, 6.07) is 2.49. The van der Waals surface area contributed by atoms with Crippen molar-refractivity contribution in [1.29, 1.82) is 0 Å². The normalized spacial score (nSPS) is 13.9. The molecule has 1 atom stereocenters. The molecule has 1 aromatic rings. The van der Waals surface area contributed by atoms with Crippen LogP contribution in [0.3, 0.4) is 0 Å². The highest BCUT2D eigenvalue weighted by Crippen LogP contribution is 2.16. The molecule has 0 saturated heterocycles. The summed E-state index contributed by atoms with van der Waals surface area (Å²) in [5, 5.41) is 5.23. The standard InChI is InChI=1S/C11H19N3S/c1-4-9(3)14-11(12)13-7-10-8(2)5-6-15-10/h5-6,9H,4,7H2,1-3H3,(H3,12,13,14). The lowest BCUT2D eigenvalue weighted by atomic mass is 10.3. The van der Waals surface area contributed by atoms with Gasteiger partial charge in [0.1, 0.15) is 0 Å². The highest BCUT2D eigenvalue weighted by molar-refractivity contribution is 7.10. The monoisotopic (exact) mass is 225 g/mol. The molecule has 1 aromatic heterocycles. The maximum absolute atomic E-state index is 5.76. The second-order valence-corrected chi connectivity index (χ2v) is 4.68. The lowest BCUT2D eigenvalue weighted by Crippen LogP contribution is -2.38. The van der Waals surface area contributed by atoms with E-state index >= 15 is 0 Å². The van der Waals surface area contributed by atoms with Crippen molar-refractivity contribution in [3.63, 3.8) is 0 Å². The second-order valence-electron chi connectivity index (χ2n) is 3.68. The minimum Gasteiger partial charge on any atom is -0.370 e. The van der Waals surface area contributed by atoms with Crippen LogP contribution in [0.4, 0.5) is 0 Å². The molecule has 4 heteroatoms. The van der Waals surface area contributed by atoms with E-state index in [1.807, 2.05) is 0 Å². The van der Waals surface area contributed by atoms with Crippen molar-refractivity contribution in [2.24, 2.45) is 10.7 Å². The van der Waals surface area contributed by atoms with Crippen molar-refractivity contribution < 1.29 is 0 Å². The maximum atomic E-state index is 5.76. The molecule has 1 unspecified atom stereocenters. The number of hydrogen-bond donors (Lipinski definition) is 2. The van der Waals surface area contributed by atoms with Gasteiger partial charge < -0.3 is 11.1 Å². The third kappa shape index (κ3) is 3.91. The maximum Gasteiger partial charge on any atom is 0.189 e. The Balaban J connectivity index is 2.47. The SMILES string of the molecule is CCC(C)NC(N)=NCc1sccc1C. The Kier molecular flexibility index (Phi) is 4.62. The molecule has 0 aromatic carbocycles. The Morgan fingerprint density at radius 2 is 2.40 bits per heavy atom. The Hall–Kier alpha value is -1.03. The average Bonchev–Trinajstić information content (AvgIpc) is 2.61. The smallest absolute Gasteiger partial charge is 0.189 e. The van der Waals surface area contributed by atoms with Gasteiger partial charge in [-0.3, -0.25) is 0 Å². The first-order chi connectivity index (χ1) is 7.13. The summed E-state index contributed by atoms with van der Waals surface area (Å²) in [7, 11) is 0. The summed E-state index contributed by atoms with van der Waals surface area (Å²) in [5.41, 5.74) is 7.05. The van der Waals surface area contributed by atoms with Crippen molar-refractivity contribution in [1.82, 2.24) is 5.32 Å². The van der Waals surface area contributed by atoms with Crippen molar-refractivity contribution in [2.75, 3.05) is 0 Å². The third-order valence-electron chi connectivity index (χ3n) is 2.37. The van der Waals surface area contributed by atoms with Crippen molar-refractivity contribution >= 4 is 17.3 Å². The van der Waals surface area contributed by atoms with Crippen LogP contribution in [0.5, 0.6) is 0 Å². The zero-order chi connectivity index (χ0) is 11.3. The molecule has 0 amide bonds. The van der Waals surface area contributed by atoms with Crippen LogP contribution in [0.1, 0.15) is 30.7 Å². The predicted molar refractivity (Wildman–Crippen MR) is 67.3 cm³/mol. The Morgan fingerprint density at radius 3 is 2.93 bits per heavy atom. The molecule has 0 aliphatic rings. The molecule has 0 saturated carbocycles. The quantitative estimate of drug-likeness (QED) is 0.610. The lowest BCUT2D eigenvalue weighted by molar-refractivity contribution is 0.636. The largest absolute Gasteiger partial charge is 0.370 e. The number of thiophene rings is 1. The molecule has 3 nitrogen and oxygen atoms in total. The number of nitrogens with one attached hydrogen (secondary N) is 1. The predicted octanol–water partition coefficient (Wildman–Crippen LogP) is 2.26. The summed E-state index contributed by atoms with van der Waals surface area (Å²) in [5.74, 6) is 0.539. The third-order valence-corrected chi connectivity index (χ3v) is 3.38. The van der Waals surface area contributed by atoms with Gasteiger partial charge in [0.25, 0.3) is 0 Å². The fraction of sp³-hybridized carbons (Fsp3) is 0.545. The van der Waals surface area contributed by atoms with E-state index in [1.165, 1.54) is 10.4 Å². The van der Waals surface area contributed by atoms with Crippen LogP contribution in [0.2, 0.25) is 0 Å². The average molecular weight is 225 g/mol. The van der Waals surface area contributed by atoms with Crippen LogP contribution in [-0.2, 0) is 6.54 Å². The van der Waals surface area contributed by atoms with E-state index in [-0.39, 0.29) is 0 Å². The van der Waals surface area contributed by atoms with Gasteiger partial charge in [0.05, 0.1) is 6.54 Å². The number of hydrogen-bond acceptors (Lipinski definition) is 2. The van der Waals surface area contributed by atoms with Crippen molar-refractivity contribution in [2.45, 2.75) is 39.8 Å². The minimum absolute atomic E-state index is 0.387. The number of nitrogens with two attached hydrogens (primary N) is 1. The molecule has 0 bridgehead atoms. The molecular weight excluding hydrogens is 206 g/mol. The van der Waals surface area contributed by atoms with E-state index in [0.717, 1.165) is 6.42 Å². The molecule has 1 heterocycles. The van der Waals surface area contributed by atoms with Gasteiger partial charge in [-0.1, -0.05) is 6.92 Å². The van der Waals surface area contributed by atoms with E-state index < -0.39 is 0 Å². The van der Waals surface area contributed by atoms with E-state index in [4.69, 9.17) is 5.73 Å². The summed E-state index contributed by atoms with van der Waals surface area (Å²) in [6.07, 6.45) is 1.05. The van der Waals surface area contributed by atoms with Crippen LogP contribution in [0, 0.1) is 6.92 Å². The Morgan fingerprint density at radius 1 is 1.67 bits per heavy atom. The van der Waals surface area contributed by atoms with Crippen LogP contribution >= 0.6 is 11.3 Å². The number of aliphatic imine (C=N–C) groups is 1. The molecule has 0 aliphatic heterocycles. The number of guanidine groups is 1.